The molecular formula is C26H32N2O5S. The van der Waals surface area contributed by atoms with Crippen LogP contribution in [0.4, 0.5) is 10.5 Å². The lowest BCUT2D eigenvalue weighted by atomic mass is 10.1. The summed E-state index contributed by atoms with van der Waals surface area (Å²) >= 11 is 1.57. The predicted octanol–water partition coefficient (Wildman–Crippen LogP) is 6.53. The van der Waals surface area contributed by atoms with Crippen LogP contribution in [0.2, 0.25) is 0 Å². The van der Waals surface area contributed by atoms with Crippen LogP contribution >= 0.6 is 11.3 Å². The maximum absolute atomic E-state index is 12.7. The van der Waals surface area contributed by atoms with Crippen molar-refractivity contribution < 1.29 is 23.7 Å². The quantitative estimate of drug-likeness (QED) is 0.339. The molecule has 1 aromatic heterocycles. The fourth-order valence-electron chi connectivity index (χ4n) is 3.36. The molecule has 1 amide bonds. The van der Waals surface area contributed by atoms with Crippen LogP contribution in [-0.4, -0.2) is 44.2 Å². The molecule has 0 saturated heterocycles. The van der Waals surface area contributed by atoms with Crippen LogP contribution in [0.25, 0.3) is 22.4 Å². The Morgan fingerprint density at radius 3 is 2.53 bits per heavy atom. The smallest absolute Gasteiger partial charge is 0.414 e. The number of aromatic nitrogens is 1. The molecule has 34 heavy (non-hydrogen) atoms. The van der Waals surface area contributed by atoms with Crippen LogP contribution in [0.3, 0.4) is 0 Å². The van der Waals surface area contributed by atoms with E-state index in [0.29, 0.717) is 18.0 Å². The molecule has 0 spiro atoms. The fourth-order valence-corrected chi connectivity index (χ4v) is 4.24. The van der Waals surface area contributed by atoms with E-state index in [1.165, 1.54) is 0 Å². The van der Waals surface area contributed by atoms with Gasteiger partial charge in [0.1, 0.15) is 10.6 Å². The predicted molar refractivity (Wildman–Crippen MR) is 138 cm³/mol. The number of anilines is 1. The number of rotatable bonds is 8. The van der Waals surface area contributed by atoms with E-state index in [2.05, 4.69) is 0 Å². The van der Waals surface area contributed by atoms with Gasteiger partial charge < -0.3 is 18.9 Å². The van der Waals surface area contributed by atoms with E-state index >= 15 is 0 Å². The van der Waals surface area contributed by atoms with Crippen LogP contribution in [0.15, 0.2) is 30.3 Å². The lowest BCUT2D eigenvalue weighted by Crippen LogP contribution is -2.37. The summed E-state index contributed by atoms with van der Waals surface area (Å²) < 4.78 is 22.5. The first-order valence-corrected chi connectivity index (χ1v) is 11.9. The molecular weight excluding hydrogens is 452 g/mol. The van der Waals surface area contributed by atoms with Gasteiger partial charge in [0, 0.05) is 13.7 Å². The van der Waals surface area contributed by atoms with Crippen LogP contribution < -0.4 is 14.4 Å². The SMILES string of the molecule is CCN(C(=O)OC(C)(C)C)c1cc2sc(/C=C/c3ccc(OCOC)c(OC)c3)nc2cc1C. The molecule has 8 heteroatoms. The molecule has 0 fully saturated rings. The number of thiazole rings is 1. The average Bonchev–Trinajstić information content (AvgIpc) is 3.17. The Bertz CT molecular complexity index is 1180. The summed E-state index contributed by atoms with van der Waals surface area (Å²) in [5, 5.41) is 0.866. The lowest BCUT2D eigenvalue weighted by Gasteiger charge is -2.27. The summed E-state index contributed by atoms with van der Waals surface area (Å²) in [6.45, 7) is 10.2. The average molecular weight is 485 g/mol. The largest absolute Gasteiger partial charge is 0.493 e. The summed E-state index contributed by atoms with van der Waals surface area (Å²) in [5.41, 5.74) is 3.10. The lowest BCUT2D eigenvalue weighted by molar-refractivity contribution is 0.0491. The summed E-state index contributed by atoms with van der Waals surface area (Å²) in [6, 6.07) is 9.71. The standard InChI is InChI=1S/C26H32N2O5S/c1-8-28(25(29)33-26(3,4)5)20-15-23-19(13-17(20)2)27-24(34-23)12-10-18-9-11-21(32-16-30-6)22(14-18)31-7/h9-15H,8,16H2,1-7H3/b12-10+. The third-order valence-electron chi connectivity index (χ3n) is 4.88. The Morgan fingerprint density at radius 2 is 1.88 bits per heavy atom. The number of amides is 1. The van der Waals surface area contributed by atoms with Gasteiger partial charge in [-0.3, -0.25) is 4.90 Å². The van der Waals surface area contributed by atoms with Crippen molar-refractivity contribution in [2.45, 2.75) is 40.2 Å². The van der Waals surface area contributed by atoms with Gasteiger partial charge in [0.15, 0.2) is 18.3 Å². The van der Waals surface area contributed by atoms with E-state index in [1.807, 2.05) is 77.1 Å². The zero-order valence-electron chi connectivity index (χ0n) is 20.8. The van der Waals surface area contributed by atoms with Gasteiger partial charge in [-0.05, 0) is 76.1 Å². The second-order valence-electron chi connectivity index (χ2n) is 8.68. The maximum atomic E-state index is 12.7. The number of aryl methyl sites for hydroxylation is 1. The summed E-state index contributed by atoms with van der Waals surface area (Å²) in [7, 11) is 3.18. The Kier molecular flexibility index (Phi) is 8.17. The van der Waals surface area contributed by atoms with Gasteiger partial charge in [0.05, 0.1) is 23.0 Å². The number of methoxy groups -OCH3 is 2. The molecule has 0 unspecified atom stereocenters. The number of ether oxygens (including phenoxy) is 4. The highest BCUT2D eigenvalue weighted by Gasteiger charge is 2.24. The van der Waals surface area contributed by atoms with Crippen LogP contribution in [0.5, 0.6) is 11.5 Å². The molecule has 0 bridgehead atoms. The van der Waals surface area contributed by atoms with E-state index in [1.54, 1.807) is 30.5 Å². The van der Waals surface area contributed by atoms with E-state index in [0.717, 1.165) is 32.0 Å². The number of benzene rings is 2. The minimum atomic E-state index is -0.554. The minimum absolute atomic E-state index is 0.155. The third kappa shape index (κ3) is 6.27. The van der Waals surface area contributed by atoms with Crippen molar-refractivity contribution in [3.8, 4) is 11.5 Å². The monoisotopic (exact) mass is 484 g/mol. The zero-order chi connectivity index (χ0) is 24.9. The number of fused-ring (bicyclic) bond motifs is 1. The van der Waals surface area contributed by atoms with Crippen molar-refractivity contribution in [3.63, 3.8) is 0 Å². The number of nitrogens with zero attached hydrogens (tertiary/aromatic N) is 2. The molecule has 0 aliphatic heterocycles. The molecule has 0 saturated carbocycles. The van der Waals surface area contributed by atoms with E-state index in [-0.39, 0.29) is 12.9 Å². The van der Waals surface area contributed by atoms with Gasteiger partial charge in [-0.15, -0.1) is 11.3 Å². The van der Waals surface area contributed by atoms with Gasteiger partial charge >= 0.3 is 6.09 Å². The van der Waals surface area contributed by atoms with Crippen molar-refractivity contribution in [1.82, 2.24) is 4.98 Å². The molecule has 3 aromatic rings. The molecule has 0 atom stereocenters. The second-order valence-corrected chi connectivity index (χ2v) is 9.74. The first kappa shape index (κ1) is 25.5. The second kappa shape index (κ2) is 10.9. The van der Waals surface area contributed by atoms with Gasteiger partial charge in [-0.2, -0.15) is 0 Å². The number of carbonyl (C=O) groups is 1. The first-order chi connectivity index (χ1) is 16.1. The van der Waals surface area contributed by atoms with Gasteiger partial charge in [0.2, 0.25) is 0 Å². The normalized spacial score (nSPS) is 11.7. The number of hydrogen-bond donors (Lipinski definition) is 0. The van der Waals surface area contributed by atoms with Gasteiger partial charge in [-0.1, -0.05) is 12.1 Å². The highest BCUT2D eigenvalue weighted by Crippen LogP contribution is 2.33. The number of carbonyl (C=O) groups excluding carboxylic acids is 1. The summed E-state index contributed by atoms with van der Waals surface area (Å²) in [5.74, 6) is 1.25. The van der Waals surface area contributed by atoms with Gasteiger partial charge in [-0.25, -0.2) is 9.78 Å². The van der Waals surface area contributed by atoms with E-state index < -0.39 is 5.60 Å². The van der Waals surface area contributed by atoms with Crippen molar-refractivity contribution >= 4 is 45.5 Å². The van der Waals surface area contributed by atoms with Crippen molar-refractivity contribution in [2.24, 2.45) is 0 Å². The maximum Gasteiger partial charge on any atom is 0.414 e. The van der Waals surface area contributed by atoms with Crippen LogP contribution in [-0.2, 0) is 9.47 Å². The summed E-state index contributed by atoms with van der Waals surface area (Å²) in [6.07, 6.45) is 3.59. The van der Waals surface area contributed by atoms with Gasteiger partial charge in [0.25, 0.3) is 0 Å². The van der Waals surface area contributed by atoms with E-state index in [9.17, 15) is 4.79 Å². The third-order valence-corrected chi connectivity index (χ3v) is 5.87. The van der Waals surface area contributed by atoms with Crippen molar-refractivity contribution in [1.29, 1.82) is 0 Å². The Morgan fingerprint density at radius 1 is 1.12 bits per heavy atom. The Balaban J connectivity index is 1.86. The van der Waals surface area contributed by atoms with Crippen LogP contribution in [0, 0.1) is 6.92 Å². The molecule has 7 nitrogen and oxygen atoms in total. The zero-order valence-corrected chi connectivity index (χ0v) is 21.6. The molecule has 182 valence electrons. The molecule has 2 aromatic carbocycles. The molecule has 0 aliphatic carbocycles. The van der Waals surface area contributed by atoms with Crippen molar-refractivity contribution in [3.05, 3.63) is 46.5 Å². The Labute approximate surface area is 204 Å². The fraction of sp³-hybridized carbons (Fsp3) is 0.385. The minimum Gasteiger partial charge on any atom is -0.493 e. The molecule has 0 radical (unpaired) electrons. The highest BCUT2D eigenvalue weighted by molar-refractivity contribution is 7.19. The van der Waals surface area contributed by atoms with Crippen molar-refractivity contribution in [2.75, 3.05) is 32.5 Å². The van der Waals surface area contributed by atoms with Crippen LogP contribution in [0.1, 0.15) is 43.8 Å². The molecule has 1 heterocycles. The topological polar surface area (TPSA) is 70.1 Å². The highest BCUT2D eigenvalue weighted by atomic mass is 32.1. The number of hydrogen-bond acceptors (Lipinski definition) is 7. The summed E-state index contributed by atoms with van der Waals surface area (Å²) in [4.78, 5) is 19.1. The first-order valence-electron chi connectivity index (χ1n) is 11.0. The Hall–Kier alpha value is -3.10. The molecule has 0 aliphatic rings. The van der Waals surface area contributed by atoms with E-state index in [4.69, 9.17) is 23.9 Å². The molecule has 0 N–H and O–H groups in total. The molecule has 3 rings (SSSR count).